The zero-order valence-corrected chi connectivity index (χ0v) is 22.0. The van der Waals surface area contributed by atoms with E-state index in [-0.39, 0.29) is 12.1 Å². The van der Waals surface area contributed by atoms with Crippen molar-refractivity contribution in [1.29, 1.82) is 5.26 Å². The number of anilines is 3. The number of benzene rings is 1. The SMILES string of the molecule is CC(C)(C)OC(=O)N1CCC(Nc2nccc(N3CCN(c4cc(-c5ccc(C#N)cc5)[nH]n4)CC3)n2)C1. The molecule has 2 N–H and O–H groups in total. The van der Waals surface area contributed by atoms with Gasteiger partial charge < -0.3 is 24.8 Å². The van der Waals surface area contributed by atoms with E-state index in [1.807, 2.05) is 57.2 Å². The van der Waals surface area contributed by atoms with E-state index in [9.17, 15) is 4.79 Å². The van der Waals surface area contributed by atoms with Gasteiger partial charge in [0.1, 0.15) is 11.4 Å². The van der Waals surface area contributed by atoms with E-state index in [0.29, 0.717) is 24.6 Å². The Balaban J connectivity index is 1.14. The first kappa shape index (κ1) is 25.3. The molecule has 11 nitrogen and oxygen atoms in total. The van der Waals surface area contributed by atoms with E-state index < -0.39 is 5.60 Å². The number of carbonyl (C=O) groups is 1. The minimum Gasteiger partial charge on any atom is -0.444 e. The van der Waals surface area contributed by atoms with Gasteiger partial charge in [-0.05, 0) is 51.0 Å². The number of nitrogens with zero attached hydrogens (tertiary/aromatic N) is 7. The first-order valence-electron chi connectivity index (χ1n) is 12.9. The Hall–Kier alpha value is -4.33. The Labute approximate surface area is 222 Å². The maximum atomic E-state index is 12.4. The molecule has 38 heavy (non-hydrogen) atoms. The normalized spacial score (nSPS) is 17.8. The molecular formula is C27H33N9O2. The smallest absolute Gasteiger partial charge is 0.410 e. The van der Waals surface area contributed by atoms with E-state index in [1.54, 1.807) is 11.1 Å². The molecule has 0 spiro atoms. The summed E-state index contributed by atoms with van der Waals surface area (Å²) in [7, 11) is 0. The van der Waals surface area contributed by atoms with Crippen molar-refractivity contribution in [3.63, 3.8) is 0 Å². The fourth-order valence-electron chi connectivity index (χ4n) is 4.66. The zero-order valence-electron chi connectivity index (χ0n) is 22.0. The predicted octanol–water partition coefficient (Wildman–Crippen LogP) is 3.49. The topological polar surface area (TPSA) is 126 Å². The number of ether oxygens (including phenoxy) is 1. The van der Waals surface area contributed by atoms with E-state index in [0.717, 1.165) is 55.5 Å². The van der Waals surface area contributed by atoms with Crippen LogP contribution in [-0.4, -0.2) is 82.1 Å². The van der Waals surface area contributed by atoms with Crippen molar-refractivity contribution in [2.24, 2.45) is 0 Å². The van der Waals surface area contributed by atoms with Gasteiger partial charge in [-0.2, -0.15) is 15.3 Å². The van der Waals surface area contributed by atoms with Crippen LogP contribution >= 0.6 is 0 Å². The monoisotopic (exact) mass is 515 g/mol. The molecule has 2 aliphatic heterocycles. The second-order valence-electron chi connectivity index (χ2n) is 10.6. The highest BCUT2D eigenvalue weighted by Gasteiger charge is 2.30. The number of carbonyl (C=O) groups excluding carboxylic acids is 1. The van der Waals surface area contributed by atoms with Gasteiger partial charge in [0.15, 0.2) is 5.82 Å². The van der Waals surface area contributed by atoms with Crippen LogP contribution in [0.1, 0.15) is 32.8 Å². The summed E-state index contributed by atoms with van der Waals surface area (Å²) in [5.41, 5.74) is 2.06. The lowest BCUT2D eigenvalue weighted by molar-refractivity contribution is 0.0293. The van der Waals surface area contributed by atoms with Gasteiger partial charge in [0.05, 0.1) is 17.3 Å². The maximum Gasteiger partial charge on any atom is 0.410 e. The average molecular weight is 516 g/mol. The fraction of sp³-hybridized carbons (Fsp3) is 0.444. The molecule has 2 aromatic heterocycles. The van der Waals surface area contributed by atoms with Crippen LogP contribution in [0.5, 0.6) is 0 Å². The Morgan fingerprint density at radius 1 is 1.08 bits per heavy atom. The fourth-order valence-corrected chi connectivity index (χ4v) is 4.66. The third-order valence-electron chi connectivity index (χ3n) is 6.63. The molecule has 11 heteroatoms. The lowest BCUT2D eigenvalue weighted by Gasteiger charge is -2.35. The number of aromatic nitrogens is 4. The molecule has 5 rings (SSSR count). The molecule has 1 unspecified atom stereocenters. The van der Waals surface area contributed by atoms with Gasteiger partial charge in [0.2, 0.25) is 5.95 Å². The first-order valence-corrected chi connectivity index (χ1v) is 12.9. The number of aromatic amines is 1. The standard InChI is InChI=1S/C27H33N9O2/c1-27(2,3)38-26(37)36-11-9-21(18-36)30-25-29-10-8-23(31-25)34-12-14-35(15-13-34)24-16-22(32-33-24)20-6-4-19(17-28)5-7-20/h4-8,10,16,21H,9,11-15,18H2,1-3H3,(H,32,33)(H,29,30,31). The molecule has 2 aliphatic rings. The van der Waals surface area contributed by atoms with Gasteiger partial charge in [-0.15, -0.1) is 0 Å². The van der Waals surface area contributed by atoms with Crippen molar-refractivity contribution >= 4 is 23.7 Å². The van der Waals surface area contributed by atoms with Crippen LogP contribution < -0.4 is 15.1 Å². The van der Waals surface area contributed by atoms with Crippen molar-refractivity contribution in [3.8, 4) is 17.3 Å². The number of nitrogens with one attached hydrogen (secondary N) is 2. The molecule has 2 saturated heterocycles. The molecule has 4 heterocycles. The van der Waals surface area contributed by atoms with Crippen LogP contribution in [0.2, 0.25) is 0 Å². The van der Waals surface area contributed by atoms with Crippen LogP contribution in [0, 0.1) is 11.3 Å². The van der Waals surface area contributed by atoms with Gasteiger partial charge >= 0.3 is 6.09 Å². The van der Waals surface area contributed by atoms with Gasteiger partial charge in [0.25, 0.3) is 0 Å². The highest BCUT2D eigenvalue weighted by atomic mass is 16.6. The number of amides is 1. The summed E-state index contributed by atoms with van der Waals surface area (Å²) >= 11 is 0. The summed E-state index contributed by atoms with van der Waals surface area (Å²) in [5, 5.41) is 20.0. The Morgan fingerprint density at radius 3 is 2.47 bits per heavy atom. The van der Waals surface area contributed by atoms with Crippen LogP contribution in [0.4, 0.5) is 22.4 Å². The molecule has 0 aliphatic carbocycles. The Bertz CT molecular complexity index is 1300. The number of hydrogen-bond acceptors (Lipinski definition) is 9. The van der Waals surface area contributed by atoms with Crippen LogP contribution in [0.3, 0.4) is 0 Å². The molecule has 2 fully saturated rings. The minimum absolute atomic E-state index is 0.0829. The second-order valence-corrected chi connectivity index (χ2v) is 10.6. The summed E-state index contributed by atoms with van der Waals surface area (Å²) in [6.45, 7) is 10.1. The van der Waals surface area contributed by atoms with Crippen LogP contribution in [0.15, 0.2) is 42.6 Å². The van der Waals surface area contributed by atoms with Gasteiger partial charge in [-0.25, -0.2) is 9.78 Å². The van der Waals surface area contributed by atoms with Crippen LogP contribution in [0.25, 0.3) is 11.3 Å². The van der Waals surface area contributed by atoms with Crippen molar-refractivity contribution in [2.75, 3.05) is 54.4 Å². The van der Waals surface area contributed by atoms with E-state index in [1.165, 1.54) is 0 Å². The molecule has 1 amide bonds. The first-order chi connectivity index (χ1) is 18.3. The van der Waals surface area contributed by atoms with Crippen molar-refractivity contribution in [1.82, 2.24) is 25.1 Å². The lowest BCUT2D eigenvalue weighted by atomic mass is 10.1. The number of likely N-dealkylation sites (tertiary alicyclic amines) is 1. The number of nitriles is 1. The Morgan fingerprint density at radius 2 is 1.79 bits per heavy atom. The quantitative estimate of drug-likeness (QED) is 0.525. The highest BCUT2D eigenvalue weighted by Crippen LogP contribution is 2.24. The third-order valence-corrected chi connectivity index (χ3v) is 6.63. The van der Waals surface area contributed by atoms with E-state index >= 15 is 0 Å². The van der Waals surface area contributed by atoms with Gasteiger partial charge in [-0.1, -0.05) is 12.1 Å². The lowest BCUT2D eigenvalue weighted by Crippen LogP contribution is -2.47. The van der Waals surface area contributed by atoms with E-state index in [2.05, 4.69) is 36.4 Å². The summed E-state index contributed by atoms with van der Waals surface area (Å²) in [5.74, 6) is 2.36. The number of rotatable bonds is 5. The van der Waals surface area contributed by atoms with Crippen molar-refractivity contribution in [2.45, 2.75) is 38.8 Å². The molecule has 3 aromatic rings. The molecule has 1 atom stereocenters. The number of H-pyrrole nitrogens is 1. The van der Waals surface area contributed by atoms with Gasteiger partial charge in [0, 0.05) is 57.6 Å². The third kappa shape index (κ3) is 5.96. The molecule has 198 valence electrons. The summed E-state index contributed by atoms with van der Waals surface area (Å²) in [6.07, 6.45) is 2.31. The molecule has 0 bridgehead atoms. The molecule has 0 saturated carbocycles. The summed E-state index contributed by atoms with van der Waals surface area (Å²) in [4.78, 5) is 27.8. The largest absolute Gasteiger partial charge is 0.444 e. The zero-order chi connectivity index (χ0) is 26.7. The average Bonchev–Trinajstić information content (AvgIpc) is 3.59. The Kier molecular flexibility index (Phi) is 7.05. The number of hydrogen-bond donors (Lipinski definition) is 2. The summed E-state index contributed by atoms with van der Waals surface area (Å²) < 4.78 is 5.49. The maximum absolute atomic E-state index is 12.4. The van der Waals surface area contributed by atoms with Crippen molar-refractivity contribution < 1.29 is 9.53 Å². The number of piperazine rings is 1. The van der Waals surface area contributed by atoms with Gasteiger partial charge in [-0.3, -0.25) is 5.10 Å². The minimum atomic E-state index is -0.505. The predicted molar refractivity (Wildman–Crippen MR) is 145 cm³/mol. The molecule has 1 aromatic carbocycles. The second kappa shape index (κ2) is 10.6. The summed E-state index contributed by atoms with van der Waals surface area (Å²) in [6, 6.07) is 13.7. The van der Waals surface area contributed by atoms with E-state index in [4.69, 9.17) is 15.0 Å². The highest BCUT2D eigenvalue weighted by molar-refractivity contribution is 5.68. The molecular weight excluding hydrogens is 482 g/mol. The molecule has 0 radical (unpaired) electrons. The van der Waals surface area contributed by atoms with Crippen molar-refractivity contribution in [3.05, 3.63) is 48.2 Å². The van der Waals surface area contributed by atoms with Crippen LogP contribution in [-0.2, 0) is 4.74 Å².